The molecule has 196 valence electrons. The summed E-state index contributed by atoms with van der Waals surface area (Å²) < 4.78 is 5.06. The van der Waals surface area contributed by atoms with Crippen LogP contribution in [-0.2, 0) is 27.4 Å². The number of nitrogens with zero attached hydrogens (tertiary/aromatic N) is 2. The third-order valence-electron chi connectivity index (χ3n) is 5.27. The van der Waals surface area contributed by atoms with Crippen molar-refractivity contribution in [2.24, 2.45) is 0 Å². The molecule has 3 rings (SSSR count). The number of nitrogens with one attached hydrogen (secondary N) is 3. The number of alkyl carbamates (subject to hydrolysis) is 1. The molecular formula is C26H31N5O6. The second kappa shape index (κ2) is 11.5. The number of amides is 3. The maximum atomic E-state index is 12.5. The summed E-state index contributed by atoms with van der Waals surface area (Å²) in [5.74, 6) is -1.27. The van der Waals surface area contributed by atoms with Gasteiger partial charge in [-0.3, -0.25) is 9.59 Å². The molecule has 1 aromatic heterocycles. The van der Waals surface area contributed by atoms with Crippen LogP contribution in [0.25, 0.3) is 11.0 Å². The number of aliphatic carboxylic acids is 1. The van der Waals surface area contributed by atoms with Crippen LogP contribution in [0, 0.1) is 0 Å². The average Bonchev–Trinajstić information content (AvgIpc) is 3.22. The first-order chi connectivity index (χ1) is 17.4. The van der Waals surface area contributed by atoms with Crippen molar-refractivity contribution in [3.8, 4) is 0 Å². The molecule has 0 fully saturated rings. The van der Waals surface area contributed by atoms with Crippen LogP contribution in [0.5, 0.6) is 0 Å². The first kappa shape index (κ1) is 27.2. The molecule has 37 heavy (non-hydrogen) atoms. The third kappa shape index (κ3) is 8.06. The monoisotopic (exact) mass is 509 g/mol. The number of carbonyl (C=O) groups is 4. The number of para-hydroxylation sites is 2. The van der Waals surface area contributed by atoms with Crippen LogP contribution in [0.2, 0.25) is 0 Å². The van der Waals surface area contributed by atoms with Gasteiger partial charge < -0.3 is 30.4 Å². The Hall–Kier alpha value is -4.41. The molecule has 3 amide bonds. The van der Waals surface area contributed by atoms with E-state index in [0.717, 1.165) is 16.6 Å². The van der Waals surface area contributed by atoms with E-state index in [-0.39, 0.29) is 12.5 Å². The Bertz CT molecular complexity index is 1250. The summed E-state index contributed by atoms with van der Waals surface area (Å²) in [5, 5.41) is 14.1. The zero-order chi connectivity index (χ0) is 27.2. The van der Waals surface area contributed by atoms with Gasteiger partial charge in [0.05, 0.1) is 17.6 Å². The lowest BCUT2D eigenvalue weighted by Crippen LogP contribution is -2.49. The SMILES string of the molecule is CC(=O)N(Cc1ccc(C(=O)NCC(NC(=O)OC(C)(C)C)C(=O)O)cc1)Cc1nc2ccccc2[nH]1. The van der Waals surface area contributed by atoms with Gasteiger partial charge in [-0.2, -0.15) is 0 Å². The van der Waals surface area contributed by atoms with E-state index in [9.17, 15) is 24.3 Å². The number of fused-ring (bicyclic) bond motifs is 1. The van der Waals surface area contributed by atoms with Crippen molar-refractivity contribution in [2.45, 2.75) is 52.4 Å². The van der Waals surface area contributed by atoms with E-state index < -0.39 is 29.6 Å². The number of imidazole rings is 1. The summed E-state index contributed by atoms with van der Waals surface area (Å²) in [6, 6.07) is 12.9. The van der Waals surface area contributed by atoms with Gasteiger partial charge in [0.25, 0.3) is 5.91 Å². The van der Waals surface area contributed by atoms with Gasteiger partial charge in [-0.1, -0.05) is 24.3 Å². The number of benzene rings is 2. The molecule has 0 saturated carbocycles. The highest BCUT2D eigenvalue weighted by Gasteiger charge is 2.24. The molecule has 0 aliphatic heterocycles. The van der Waals surface area contributed by atoms with E-state index >= 15 is 0 Å². The average molecular weight is 510 g/mol. The normalized spacial score (nSPS) is 12.0. The Morgan fingerprint density at radius 2 is 1.73 bits per heavy atom. The summed E-state index contributed by atoms with van der Waals surface area (Å²) in [4.78, 5) is 57.5. The highest BCUT2D eigenvalue weighted by molar-refractivity contribution is 5.94. The number of carbonyl (C=O) groups excluding carboxylic acids is 3. The molecule has 4 N–H and O–H groups in total. The quantitative estimate of drug-likeness (QED) is 0.346. The van der Waals surface area contributed by atoms with Crippen molar-refractivity contribution in [1.82, 2.24) is 25.5 Å². The molecule has 0 bridgehead atoms. The lowest BCUT2D eigenvalue weighted by atomic mass is 10.1. The lowest BCUT2D eigenvalue weighted by molar-refractivity contribution is -0.139. The summed E-state index contributed by atoms with van der Waals surface area (Å²) in [5.41, 5.74) is 2.03. The fraction of sp³-hybridized carbons (Fsp3) is 0.346. The minimum Gasteiger partial charge on any atom is -0.480 e. The second-order valence-corrected chi connectivity index (χ2v) is 9.52. The number of ether oxygens (including phenoxy) is 1. The Morgan fingerprint density at radius 3 is 2.32 bits per heavy atom. The van der Waals surface area contributed by atoms with Crippen molar-refractivity contribution in [3.63, 3.8) is 0 Å². The largest absolute Gasteiger partial charge is 0.480 e. The Morgan fingerprint density at radius 1 is 1.05 bits per heavy atom. The van der Waals surface area contributed by atoms with Crippen LogP contribution >= 0.6 is 0 Å². The minimum absolute atomic E-state index is 0.125. The van der Waals surface area contributed by atoms with Gasteiger partial charge in [0.1, 0.15) is 17.5 Å². The van der Waals surface area contributed by atoms with Gasteiger partial charge >= 0.3 is 12.1 Å². The van der Waals surface area contributed by atoms with Crippen LogP contribution in [0.1, 0.15) is 49.4 Å². The molecule has 0 aliphatic carbocycles. The zero-order valence-corrected chi connectivity index (χ0v) is 21.2. The topological polar surface area (TPSA) is 154 Å². The third-order valence-corrected chi connectivity index (χ3v) is 5.27. The summed E-state index contributed by atoms with van der Waals surface area (Å²) in [6.07, 6.45) is -0.892. The maximum Gasteiger partial charge on any atom is 0.408 e. The number of hydrogen-bond donors (Lipinski definition) is 4. The first-order valence-electron chi connectivity index (χ1n) is 11.7. The summed E-state index contributed by atoms with van der Waals surface area (Å²) in [7, 11) is 0. The number of carboxylic acid groups (broad SMARTS) is 1. The van der Waals surface area contributed by atoms with Crippen LogP contribution in [-0.4, -0.2) is 62.0 Å². The number of hydrogen-bond acceptors (Lipinski definition) is 6. The van der Waals surface area contributed by atoms with Crippen LogP contribution in [0.15, 0.2) is 48.5 Å². The number of carboxylic acids is 1. The van der Waals surface area contributed by atoms with E-state index in [2.05, 4.69) is 20.6 Å². The Labute approximate surface area is 214 Å². The molecule has 1 unspecified atom stereocenters. The van der Waals surface area contributed by atoms with Crippen molar-refractivity contribution >= 4 is 34.9 Å². The maximum absolute atomic E-state index is 12.5. The van der Waals surface area contributed by atoms with Gasteiger partial charge in [-0.05, 0) is 50.6 Å². The fourth-order valence-corrected chi connectivity index (χ4v) is 3.47. The minimum atomic E-state index is -1.36. The predicted octanol–water partition coefficient (Wildman–Crippen LogP) is 2.82. The van der Waals surface area contributed by atoms with Crippen LogP contribution in [0.3, 0.4) is 0 Å². The highest BCUT2D eigenvalue weighted by atomic mass is 16.6. The van der Waals surface area contributed by atoms with Crippen molar-refractivity contribution in [3.05, 3.63) is 65.5 Å². The second-order valence-electron chi connectivity index (χ2n) is 9.52. The van der Waals surface area contributed by atoms with Gasteiger partial charge in [0.2, 0.25) is 5.91 Å². The van der Waals surface area contributed by atoms with Gasteiger partial charge in [0, 0.05) is 25.6 Å². The number of aromatic nitrogens is 2. The van der Waals surface area contributed by atoms with Gasteiger partial charge in [-0.25, -0.2) is 14.6 Å². The number of H-pyrrole nitrogens is 1. The molecule has 0 aliphatic rings. The molecule has 3 aromatic rings. The number of aromatic amines is 1. The zero-order valence-electron chi connectivity index (χ0n) is 21.2. The van der Waals surface area contributed by atoms with E-state index in [0.29, 0.717) is 24.5 Å². The molecule has 0 radical (unpaired) electrons. The van der Waals surface area contributed by atoms with Crippen LogP contribution in [0.4, 0.5) is 4.79 Å². The molecule has 2 aromatic carbocycles. The number of rotatable bonds is 9. The predicted molar refractivity (Wildman–Crippen MR) is 136 cm³/mol. The summed E-state index contributed by atoms with van der Waals surface area (Å²) in [6.45, 7) is 6.73. The van der Waals surface area contributed by atoms with E-state index in [1.54, 1.807) is 49.9 Å². The molecule has 1 heterocycles. The highest BCUT2D eigenvalue weighted by Crippen LogP contribution is 2.14. The Balaban J connectivity index is 1.58. The molecular weight excluding hydrogens is 478 g/mol. The smallest absolute Gasteiger partial charge is 0.408 e. The molecule has 11 nitrogen and oxygen atoms in total. The first-order valence-corrected chi connectivity index (χ1v) is 11.7. The van der Waals surface area contributed by atoms with E-state index in [4.69, 9.17) is 4.74 Å². The lowest BCUT2D eigenvalue weighted by Gasteiger charge is -2.22. The standard InChI is InChI=1S/C26H31N5O6/c1-16(32)31(15-22-28-19-7-5-6-8-20(19)29-22)14-17-9-11-18(12-10-17)23(33)27-13-21(24(34)35)30-25(36)37-26(2,3)4/h5-12,21H,13-15H2,1-4H3,(H,27,33)(H,28,29)(H,30,36)(H,34,35). The van der Waals surface area contributed by atoms with Crippen molar-refractivity contribution in [1.29, 1.82) is 0 Å². The van der Waals surface area contributed by atoms with Crippen LogP contribution < -0.4 is 10.6 Å². The molecule has 1 atom stereocenters. The summed E-state index contributed by atoms with van der Waals surface area (Å²) >= 11 is 0. The molecule has 0 spiro atoms. The molecule has 0 saturated heterocycles. The van der Waals surface area contributed by atoms with Gasteiger partial charge in [-0.15, -0.1) is 0 Å². The van der Waals surface area contributed by atoms with E-state index in [1.807, 2.05) is 24.3 Å². The van der Waals surface area contributed by atoms with Gasteiger partial charge in [0.15, 0.2) is 0 Å². The van der Waals surface area contributed by atoms with Crippen molar-refractivity contribution < 1.29 is 29.0 Å². The Kier molecular flexibility index (Phi) is 8.49. The fourth-order valence-electron chi connectivity index (χ4n) is 3.47. The van der Waals surface area contributed by atoms with E-state index in [1.165, 1.54) is 6.92 Å². The molecule has 11 heteroatoms. The van der Waals surface area contributed by atoms with Crippen molar-refractivity contribution in [2.75, 3.05) is 6.54 Å².